The van der Waals surface area contributed by atoms with Crippen LogP contribution < -0.4 is 5.32 Å². The van der Waals surface area contributed by atoms with Gasteiger partial charge in [-0.15, -0.1) is 0 Å². The normalized spacial score (nSPS) is 12.4. The van der Waals surface area contributed by atoms with Gasteiger partial charge in [0.15, 0.2) is 0 Å². The van der Waals surface area contributed by atoms with Crippen molar-refractivity contribution in [2.45, 2.75) is 110 Å². The van der Waals surface area contributed by atoms with Gasteiger partial charge >= 0.3 is 0 Å². The van der Waals surface area contributed by atoms with Crippen molar-refractivity contribution < 1.29 is 0 Å². The van der Waals surface area contributed by atoms with Gasteiger partial charge in [-0.25, -0.2) is 0 Å². The highest BCUT2D eigenvalue weighted by atomic mass is 14.8. The molecule has 140 valence electrons. The van der Waals surface area contributed by atoms with Crippen LogP contribution in [0.3, 0.4) is 0 Å². The van der Waals surface area contributed by atoms with E-state index < -0.39 is 0 Å². The second kappa shape index (κ2) is 22.0. The number of nitrogens with one attached hydrogen (secondary N) is 1. The molecule has 0 fully saturated rings. The average Bonchev–Trinajstić information content (AvgIpc) is 2.92. The summed E-state index contributed by atoms with van der Waals surface area (Å²) in [7, 11) is 0. The van der Waals surface area contributed by atoms with Crippen molar-refractivity contribution >= 4 is 0 Å². The third-order valence-corrected chi connectivity index (χ3v) is 4.43. The lowest BCUT2D eigenvalue weighted by Gasteiger charge is -2.02. The molecule has 1 rings (SSSR count). The highest BCUT2D eigenvalue weighted by Gasteiger charge is 1.93. The Kier molecular flexibility index (Phi) is 21.1. The van der Waals surface area contributed by atoms with Crippen molar-refractivity contribution in [3.8, 4) is 0 Å². The molecule has 1 N–H and O–H groups in total. The highest BCUT2D eigenvalue weighted by molar-refractivity contribution is 5.14. The minimum atomic E-state index is 1.37. The van der Waals surface area contributed by atoms with Crippen LogP contribution in [0, 0.1) is 0 Å². The maximum Gasteiger partial charge on any atom is 0.000442 e. The van der Waals surface area contributed by atoms with E-state index in [-0.39, 0.29) is 0 Å². The summed E-state index contributed by atoms with van der Waals surface area (Å²) in [5.41, 5.74) is 0. The molecule has 1 heterocycles. The lowest BCUT2D eigenvalue weighted by Crippen LogP contribution is -1.87. The van der Waals surface area contributed by atoms with Crippen LogP contribution in [0.1, 0.15) is 110 Å². The summed E-state index contributed by atoms with van der Waals surface area (Å²) in [6, 6.07) is 0. The molecule has 1 nitrogen and oxygen atoms in total. The van der Waals surface area contributed by atoms with E-state index in [0.717, 1.165) is 0 Å². The van der Waals surface area contributed by atoms with Crippen LogP contribution >= 0.6 is 0 Å². The summed E-state index contributed by atoms with van der Waals surface area (Å²) in [6.45, 7) is 4.58. The first-order valence-electron chi connectivity index (χ1n) is 10.7. The van der Waals surface area contributed by atoms with Crippen LogP contribution in [0.25, 0.3) is 0 Å². The minimum Gasteiger partial charge on any atom is -0.368 e. The Bertz CT molecular complexity index is 273. The van der Waals surface area contributed by atoms with Crippen LogP contribution in [-0.2, 0) is 0 Å². The Hall–Kier alpha value is -0.980. The monoisotopic (exact) mass is 333 g/mol. The molecule has 0 bridgehead atoms. The van der Waals surface area contributed by atoms with Gasteiger partial charge in [-0.1, -0.05) is 122 Å². The molecule has 0 unspecified atom stereocenters. The number of unbranched alkanes of at least 4 members (excludes halogenated alkanes) is 14. The molecule has 0 aromatic carbocycles. The van der Waals surface area contributed by atoms with Crippen LogP contribution in [0.15, 0.2) is 36.7 Å². The zero-order valence-electron chi connectivity index (χ0n) is 16.6. The first kappa shape index (κ1) is 23.0. The van der Waals surface area contributed by atoms with E-state index in [4.69, 9.17) is 0 Å². The van der Waals surface area contributed by atoms with Crippen LogP contribution in [0.2, 0.25) is 0 Å². The maximum atomic E-state index is 2.92. The second-order valence-electron chi connectivity index (χ2n) is 6.87. The fourth-order valence-corrected chi connectivity index (χ4v) is 2.85. The molecule has 1 aliphatic heterocycles. The van der Waals surface area contributed by atoms with Gasteiger partial charge < -0.3 is 5.32 Å². The smallest absolute Gasteiger partial charge is 0.000442 e. The van der Waals surface area contributed by atoms with Crippen molar-refractivity contribution in [1.29, 1.82) is 0 Å². The van der Waals surface area contributed by atoms with Crippen molar-refractivity contribution in [2.24, 2.45) is 0 Å². The molecule has 0 saturated heterocycles. The molecule has 0 aromatic heterocycles. The molecule has 0 aromatic rings. The number of hydrogen-bond acceptors (Lipinski definition) is 1. The quantitative estimate of drug-likeness (QED) is 0.317. The molecule has 0 spiro atoms. The molecule has 1 aliphatic rings. The Morgan fingerprint density at radius 1 is 0.417 bits per heavy atom. The van der Waals surface area contributed by atoms with E-state index in [9.17, 15) is 0 Å². The molecule has 0 amide bonds. The van der Waals surface area contributed by atoms with Crippen molar-refractivity contribution in [1.82, 2.24) is 5.32 Å². The van der Waals surface area contributed by atoms with Crippen molar-refractivity contribution in [3.05, 3.63) is 36.7 Å². The fraction of sp³-hybridized carbons (Fsp3) is 0.739. The molecule has 0 saturated carbocycles. The van der Waals surface area contributed by atoms with E-state index >= 15 is 0 Å². The molecule has 1 heteroatoms. The van der Waals surface area contributed by atoms with E-state index in [1.54, 1.807) is 0 Å². The summed E-state index contributed by atoms with van der Waals surface area (Å²) in [5, 5.41) is 2.92. The van der Waals surface area contributed by atoms with Gasteiger partial charge in [0.05, 0.1) is 0 Å². The SMILES string of the molecule is C1=CC=CNC=C1.CCCCCCCCCCCCCCCCC. The first-order chi connectivity index (χ1) is 11.9. The lowest BCUT2D eigenvalue weighted by atomic mass is 10.0. The predicted octanol–water partition coefficient (Wildman–Crippen LogP) is 8.05. The molecule has 0 atom stereocenters. The molecular weight excluding hydrogens is 290 g/mol. The molecule has 0 radical (unpaired) electrons. The fourth-order valence-electron chi connectivity index (χ4n) is 2.85. The van der Waals surface area contributed by atoms with Gasteiger partial charge in [-0.2, -0.15) is 0 Å². The van der Waals surface area contributed by atoms with Gasteiger partial charge in [0.25, 0.3) is 0 Å². The Morgan fingerprint density at radius 3 is 1.00 bits per heavy atom. The third kappa shape index (κ3) is 21.0. The Morgan fingerprint density at radius 2 is 0.708 bits per heavy atom. The second-order valence-corrected chi connectivity index (χ2v) is 6.87. The number of hydrogen-bond donors (Lipinski definition) is 1. The topological polar surface area (TPSA) is 12.0 Å². The summed E-state index contributed by atoms with van der Waals surface area (Å²) < 4.78 is 0. The maximum absolute atomic E-state index is 2.92. The Balaban J connectivity index is 0.000000620. The van der Waals surface area contributed by atoms with Gasteiger partial charge in [-0.3, -0.25) is 0 Å². The van der Waals surface area contributed by atoms with Gasteiger partial charge in [0, 0.05) is 12.4 Å². The van der Waals surface area contributed by atoms with Crippen molar-refractivity contribution in [2.75, 3.05) is 0 Å². The predicted molar refractivity (Wildman–Crippen MR) is 111 cm³/mol. The standard InChI is InChI=1S/C17H36.C6H7N/c1-3-5-7-9-11-13-15-17-16-14-12-10-8-6-4-2;1-2-4-6-7-5-3-1/h3-17H2,1-2H3;1-7H. The van der Waals surface area contributed by atoms with Crippen LogP contribution in [0.4, 0.5) is 0 Å². The molecular formula is C23H43N. The third-order valence-electron chi connectivity index (χ3n) is 4.43. The summed E-state index contributed by atoms with van der Waals surface area (Å²) >= 11 is 0. The van der Waals surface area contributed by atoms with Crippen LogP contribution in [0.5, 0.6) is 0 Å². The Labute approximate surface area is 152 Å². The first-order valence-corrected chi connectivity index (χ1v) is 10.7. The summed E-state index contributed by atoms with van der Waals surface area (Å²) in [5.74, 6) is 0. The van der Waals surface area contributed by atoms with E-state index in [0.29, 0.717) is 0 Å². The van der Waals surface area contributed by atoms with E-state index in [1.165, 1.54) is 96.3 Å². The molecule has 0 aliphatic carbocycles. The van der Waals surface area contributed by atoms with Crippen molar-refractivity contribution in [3.63, 3.8) is 0 Å². The zero-order valence-corrected chi connectivity index (χ0v) is 16.6. The molecule has 24 heavy (non-hydrogen) atoms. The summed E-state index contributed by atoms with van der Waals surface area (Å²) in [4.78, 5) is 0. The zero-order chi connectivity index (χ0) is 17.6. The highest BCUT2D eigenvalue weighted by Crippen LogP contribution is 2.13. The number of allylic oxidation sites excluding steroid dienone is 4. The van der Waals surface area contributed by atoms with Gasteiger partial charge in [0.1, 0.15) is 0 Å². The van der Waals surface area contributed by atoms with Gasteiger partial charge in [-0.05, 0) is 12.2 Å². The van der Waals surface area contributed by atoms with Crippen LogP contribution in [-0.4, -0.2) is 0 Å². The minimum absolute atomic E-state index is 1.37. The largest absolute Gasteiger partial charge is 0.368 e. The average molecular weight is 334 g/mol. The van der Waals surface area contributed by atoms with E-state index in [1.807, 2.05) is 36.7 Å². The van der Waals surface area contributed by atoms with Gasteiger partial charge in [0.2, 0.25) is 0 Å². The summed E-state index contributed by atoms with van der Waals surface area (Å²) in [6.07, 6.45) is 33.5. The number of rotatable bonds is 14. The lowest BCUT2D eigenvalue weighted by molar-refractivity contribution is 0.534. The van der Waals surface area contributed by atoms with E-state index in [2.05, 4.69) is 19.2 Å².